The second-order valence-corrected chi connectivity index (χ2v) is 15.0. The quantitative estimate of drug-likeness (QED) is 0.481. The van der Waals surface area contributed by atoms with E-state index in [-0.39, 0.29) is 47.4 Å². The summed E-state index contributed by atoms with van der Waals surface area (Å²) in [4.78, 5) is 69.7. The summed E-state index contributed by atoms with van der Waals surface area (Å²) in [5.41, 5.74) is 5.03. The highest BCUT2D eigenvalue weighted by Crippen LogP contribution is 2.45. The lowest BCUT2D eigenvalue weighted by molar-refractivity contribution is -0.137. The van der Waals surface area contributed by atoms with Gasteiger partial charge in [-0.3, -0.25) is 29.3 Å². The lowest BCUT2D eigenvalue weighted by atomic mass is 9.70. The maximum atomic E-state index is 13.9. The number of piperidine rings is 2. The summed E-state index contributed by atoms with van der Waals surface area (Å²) in [6.45, 7) is 7.42. The minimum absolute atomic E-state index is 0.0175. The normalized spacial score (nSPS) is 23.8. The number of halogens is 1. The zero-order chi connectivity index (χ0) is 32.4. The van der Waals surface area contributed by atoms with Crippen molar-refractivity contribution < 1.29 is 24.0 Å². The Balaban J connectivity index is 0.977. The Bertz CT molecular complexity index is 1680. The molecule has 2 aromatic rings. The molecule has 5 aliphatic rings. The molecule has 4 heterocycles. The number of likely N-dealkylation sites (tertiary alicyclic amines) is 2. The smallest absolute Gasteiger partial charge is 0.255 e. The molecule has 1 spiro atoms. The third kappa shape index (κ3) is 5.52. The van der Waals surface area contributed by atoms with Crippen LogP contribution < -0.4 is 5.32 Å². The number of carbonyl (C=O) groups is 5. The average molecular weight is 643 g/mol. The highest BCUT2D eigenvalue weighted by Gasteiger charge is 2.48. The molecule has 3 fully saturated rings. The first-order valence-electron chi connectivity index (χ1n) is 16.3. The molecule has 3 saturated heterocycles. The number of carbonyl (C=O) groups excluding carboxylic acids is 5. The van der Waals surface area contributed by atoms with Crippen molar-refractivity contribution in [2.24, 2.45) is 10.8 Å². The number of imide groups is 1. The predicted molar refractivity (Wildman–Crippen MR) is 173 cm³/mol. The van der Waals surface area contributed by atoms with Crippen molar-refractivity contribution in [3.05, 3.63) is 75.3 Å². The van der Waals surface area contributed by atoms with Crippen LogP contribution in [0.15, 0.2) is 48.0 Å². The van der Waals surface area contributed by atoms with Crippen molar-refractivity contribution in [2.45, 2.75) is 71.4 Å². The van der Waals surface area contributed by atoms with E-state index in [4.69, 9.17) is 11.6 Å². The molecule has 0 bridgehead atoms. The molecule has 1 N–H and O–H groups in total. The average Bonchev–Trinajstić information content (AvgIpc) is 3.34. The molecule has 0 aromatic heterocycles. The molecule has 46 heavy (non-hydrogen) atoms. The Kier molecular flexibility index (Phi) is 7.58. The van der Waals surface area contributed by atoms with E-state index >= 15 is 0 Å². The number of rotatable bonds is 4. The van der Waals surface area contributed by atoms with Crippen LogP contribution in [0.5, 0.6) is 0 Å². The Morgan fingerprint density at radius 2 is 1.61 bits per heavy atom. The molecule has 0 radical (unpaired) electrons. The monoisotopic (exact) mass is 642 g/mol. The molecule has 1 unspecified atom stereocenters. The number of amides is 5. The van der Waals surface area contributed by atoms with Gasteiger partial charge >= 0.3 is 0 Å². The molecule has 1 atom stereocenters. The molecule has 10 heteroatoms. The molecule has 4 aliphatic heterocycles. The van der Waals surface area contributed by atoms with Gasteiger partial charge in [0.1, 0.15) is 6.04 Å². The van der Waals surface area contributed by atoms with Crippen LogP contribution >= 0.6 is 11.6 Å². The number of nitrogens with one attached hydrogen (secondary N) is 1. The van der Waals surface area contributed by atoms with E-state index in [1.165, 1.54) is 4.90 Å². The Morgan fingerprint density at radius 1 is 0.891 bits per heavy atom. The van der Waals surface area contributed by atoms with E-state index in [2.05, 4.69) is 19.2 Å². The summed E-state index contributed by atoms with van der Waals surface area (Å²) in [6, 6.07) is 12.3. The molecule has 9 nitrogen and oxygen atoms in total. The van der Waals surface area contributed by atoms with E-state index in [0.717, 1.165) is 54.4 Å². The largest absolute Gasteiger partial charge is 0.339 e. The zero-order valence-electron chi connectivity index (χ0n) is 26.4. The van der Waals surface area contributed by atoms with Crippen LogP contribution in [0.2, 0.25) is 5.02 Å². The van der Waals surface area contributed by atoms with Gasteiger partial charge in [0, 0.05) is 66.3 Å². The number of hydrogen-bond donors (Lipinski definition) is 1. The zero-order valence-corrected chi connectivity index (χ0v) is 27.1. The van der Waals surface area contributed by atoms with Crippen molar-refractivity contribution in [1.82, 2.24) is 20.0 Å². The van der Waals surface area contributed by atoms with Crippen molar-refractivity contribution in [2.75, 3.05) is 26.2 Å². The second kappa shape index (κ2) is 11.4. The Morgan fingerprint density at radius 3 is 2.30 bits per heavy atom. The Hall–Kier alpha value is -3.98. The highest BCUT2D eigenvalue weighted by molar-refractivity contribution is 6.30. The van der Waals surface area contributed by atoms with E-state index in [1.807, 2.05) is 34.1 Å². The van der Waals surface area contributed by atoms with Gasteiger partial charge in [-0.25, -0.2) is 0 Å². The predicted octanol–water partition coefficient (Wildman–Crippen LogP) is 4.83. The fourth-order valence-electron chi connectivity index (χ4n) is 7.94. The van der Waals surface area contributed by atoms with Crippen molar-refractivity contribution in [3.8, 4) is 0 Å². The topological polar surface area (TPSA) is 107 Å². The maximum Gasteiger partial charge on any atom is 0.255 e. The number of benzene rings is 2. The summed E-state index contributed by atoms with van der Waals surface area (Å²) < 4.78 is 0. The first-order valence-corrected chi connectivity index (χ1v) is 16.6. The van der Waals surface area contributed by atoms with E-state index in [1.54, 1.807) is 18.2 Å². The van der Waals surface area contributed by atoms with Gasteiger partial charge in [0.25, 0.3) is 11.8 Å². The first kappa shape index (κ1) is 30.7. The molecule has 5 amide bonds. The third-order valence-electron chi connectivity index (χ3n) is 10.7. The minimum Gasteiger partial charge on any atom is -0.339 e. The van der Waals surface area contributed by atoms with Crippen LogP contribution in [0, 0.1) is 10.8 Å². The van der Waals surface area contributed by atoms with Gasteiger partial charge in [-0.2, -0.15) is 0 Å². The van der Waals surface area contributed by atoms with Gasteiger partial charge in [-0.15, -0.1) is 0 Å². The van der Waals surface area contributed by atoms with Gasteiger partial charge in [0.2, 0.25) is 17.7 Å². The van der Waals surface area contributed by atoms with Gasteiger partial charge in [0.15, 0.2) is 0 Å². The van der Waals surface area contributed by atoms with Gasteiger partial charge in [0.05, 0.1) is 0 Å². The standard InChI is InChI=1S/C36H39ClN4O5/c1-35(2)12-11-27(28(18-35)22-3-6-25(37)7-4-22)33(45)39-15-13-36(14-16-39)20-40(21-36)32(44)23-5-8-26-24(17-23)19-41(34(26)46)29-9-10-30(42)38-31(29)43/h3-8,17,29H,9-16,18-21H2,1-2H3,(H,38,42,43). The molecular formula is C36H39ClN4O5. The van der Waals surface area contributed by atoms with Gasteiger partial charge in [-0.1, -0.05) is 37.6 Å². The van der Waals surface area contributed by atoms with Crippen LogP contribution in [0.25, 0.3) is 5.57 Å². The molecular weight excluding hydrogens is 604 g/mol. The van der Waals surface area contributed by atoms with Crippen molar-refractivity contribution in [1.29, 1.82) is 0 Å². The number of nitrogens with zero attached hydrogens (tertiary/aromatic N) is 3. The van der Waals surface area contributed by atoms with Crippen LogP contribution in [-0.2, 0) is 20.9 Å². The van der Waals surface area contributed by atoms with Crippen LogP contribution in [-0.4, -0.2) is 76.5 Å². The van der Waals surface area contributed by atoms with E-state index < -0.39 is 11.9 Å². The van der Waals surface area contributed by atoms with Gasteiger partial charge in [-0.05, 0) is 91.0 Å². The number of hydrogen-bond acceptors (Lipinski definition) is 5. The van der Waals surface area contributed by atoms with Crippen molar-refractivity contribution in [3.63, 3.8) is 0 Å². The lowest BCUT2D eigenvalue weighted by Gasteiger charge is -2.54. The number of fused-ring (bicyclic) bond motifs is 1. The summed E-state index contributed by atoms with van der Waals surface area (Å²) in [6.07, 6.45) is 4.82. The lowest BCUT2D eigenvalue weighted by Crippen LogP contribution is -2.62. The fourth-order valence-corrected chi connectivity index (χ4v) is 8.07. The molecule has 7 rings (SSSR count). The van der Waals surface area contributed by atoms with E-state index in [0.29, 0.717) is 48.7 Å². The van der Waals surface area contributed by atoms with Crippen LogP contribution in [0.1, 0.15) is 90.6 Å². The summed E-state index contributed by atoms with van der Waals surface area (Å²) >= 11 is 6.16. The van der Waals surface area contributed by atoms with Gasteiger partial charge < -0.3 is 14.7 Å². The minimum atomic E-state index is -0.685. The SMILES string of the molecule is CC1(C)CCC(C(=O)N2CCC3(CC2)CN(C(=O)c2ccc4c(c2)CN(C2CCC(=O)NC2=O)C4=O)C3)=C(c2ccc(Cl)cc2)C1. The van der Waals surface area contributed by atoms with Crippen LogP contribution in [0.3, 0.4) is 0 Å². The summed E-state index contributed by atoms with van der Waals surface area (Å²) in [7, 11) is 0. The molecule has 0 saturated carbocycles. The molecule has 1 aliphatic carbocycles. The first-order chi connectivity index (χ1) is 21.9. The summed E-state index contributed by atoms with van der Waals surface area (Å²) in [5, 5.41) is 3.00. The fraction of sp³-hybridized carbons (Fsp3) is 0.472. The highest BCUT2D eigenvalue weighted by atomic mass is 35.5. The van der Waals surface area contributed by atoms with Crippen LogP contribution in [0.4, 0.5) is 0 Å². The maximum absolute atomic E-state index is 13.9. The second-order valence-electron chi connectivity index (χ2n) is 14.5. The van der Waals surface area contributed by atoms with Crippen molar-refractivity contribution >= 4 is 46.7 Å². The third-order valence-corrected chi connectivity index (χ3v) is 11.0. The van der Waals surface area contributed by atoms with E-state index in [9.17, 15) is 24.0 Å². The molecule has 2 aromatic carbocycles. The molecule has 240 valence electrons. The summed E-state index contributed by atoms with van der Waals surface area (Å²) in [5.74, 6) is -0.950. The Labute approximate surface area is 273 Å². The number of allylic oxidation sites excluding steroid dienone is 1.